The summed E-state index contributed by atoms with van der Waals surface area (Å²) in [4.78, 5) is 3.93. The van der Waals surface area contributed by atoms with Crippen molar-refractivity contribution in [3.63, 3.8) is 0 Å². The fourth-order valence-corrected chi connectivity index (χ4v) is 2.47. The summed E-state index contributed by atoms with van der Waals surface area (Å²) < 4.78 is 36.0. The van der Waals surface area contributed by atoms with E-state index in [1.165, 1.54) is 0 Å². The van der Waals surface area contributed by atoms with E-state index in [4.69, 9.17) is 9.47 Å². The molecule has 0 amide bonds. The number of rotatable bonds is 7. The van der Waals surface area contributed by atoms with Crippen molar-refractivity contribution in [1.82, 2.24) is 10.6 Å². The van der Waals surface area contributed by atoms with Gasteiger partial charge in [-0.05, 0) is 31.4 Å². The van der Waals surface area contributed by atoms with Crippen LogP contribution in [0.25, 0.3) is 0 Å². The summed E-state index contributed by atoms with van der Waals surface area (Å²) in [6, 6.07) is 5.93. The third-order valence-electron chi connectivity index (χ3n) is 3.77. The average molecular weight is 469 g/mol. The molecular formula is C17H26F2IN3O2. The van der Waals surface area contributed by atoms with E-state index in [1.54, 1.807) is 7.05 Å². The van der Waals surface area contributed by atoms with Gasteiger partial charge in [-0.25, -0.2) is 8.78 Å². The van der Waals surface area contributed by atoms with Crippen molar-refractivity contribution >= 4 is 29.9 Å². The smallest absolute Gasteiger partial charge is 0.255 e. The van der Waals surface area contributed by atoms with E-state index in [2.05, 4.69) is 15.6 Å². The van der Waals surface area contributed by atoms with E-state index in [1.807, 2.05) is 25.1 Å². The molecule has 0 saturated carbocycles. The third kappa shape index (κ3) is 7.72. The molecule has 1 atom stereocenters. The summed E-state index contributed by atoms with van der Waals surface area (Å²) in [6.45, 7) is 3.32. The van der Waals surface area contributed by atoms with Gasteiger partial charge in [-0.15, -0.1) is 24.0 Å². The maximum atomic E-state index is 12.3. The molecule has 1 aromatic carbocycles. The molecule has 0 radical (unpaired) electrons. The molecule has 1 aliphatic heterocycles. The maximum absolute atomic E-state index is 12.3. The largest absolute Gasteiger partial charge is 0.491 e. The number of nitrogens with one attached hydrogen (secondary N) is 2. The number of hydrogen-bond donors (Lipinski definition) is 2. The zero-order valence-corrected chi connectivity index (χ0v) is 16.9. The van der Waals surface area contributed by atoms with Gasteiger partial charge in [0.25, 0.3) is 6.43 Å². The van der Waals surface area contributed by atoms with Gasteiger partial charge in [0.2, 0.25) is 0 Å². The van der Waals surface area contributed by atoms with Crippen LogP contribution in [0.15, 0.2) is 23.2 Å². The van der Waals surface area contributed by atoms with Gasteiger partial charge >= 0.3 is 0 Å². The lowest BCUT2D eigenvalue weighted by Crippen LogP contribution is -2.39. The highest BCUT2D eigenvalue weighted by molar-refractivity contribution is 14.0. The minimum absolute atomic E-state index is 0. The minimum atomic E-state index is -2.42. The van der Waals surface area contributed by atoms with E-state index in [0.29, 0.717) is 19.1 Å². The second-order valence-corrected chi connectivity index (χ2v) is 5.75. The molecule has 1 fully saturated rings. The quantitative estimate of drug-likeness (QED) is 0.366. The van der Waals surface area contributed by atoms with E-state index in [-0.39, 0.29) is 30.1 Å². The molecule has 5 nitrogen and oxygen atoms in total. The number of nitrogens with zero attached hydrogens (tertiary/aromatic N) is 1. The Balaban J connectivity index is 0.00000312. The van der Waals surface area contributed by atoms with Gasteiger partial charge < -0.3 is 20.1 Å². The number of hydrogen-bond acceptors (Lipinski definition) is 3. The molecule has 2 rings (SSSR count). The van der Waals surface area contributed by atoms with Crippen molar-refractivity contribution < 1.29 is 18.3 Å². The number of benzene rings is 1. The highest BCUT2D eigenvalue weighted by Gasteiger charge is 2.17. The molecule has 1 unspecified atom stereocenters. The van der Waals surface area contributed by atoms with Crippen molar-refractivity contribution in [3.8, 4) is 5.75 Å². The van der Waals surface area contributed by atoms with Crippen LogP contribution in [0.4, 0.5) is 8.78 Å². The number of guanidine groups is 1. The normalized spacial score (nSPS) is 17.3. The predicted molar refractivity (Wildman–Crippen MR) is 105 cm³/mol. The predicted octanol–water partition coefficient (Wildman–Crippen LogP) is 3.10. The van der Waals surface area contributed by atoms with Gasteiger partial charge in [0.05, 0.1) is 12.6 Å². The summed E-state index contributed by atoms with van der Waals surface area (Å²) in [5.41, 5.74) is 2.04. The molecule has 1 heterocycles. The fourth-order valence-electron chi connectivity index (χ4n) is 2.47. The van der Waals surface area contributed by atoms with Crippen LogP contribution in [0.3, 0.4) is 0 Å². The molecule has 1 aliphatic rings. The third-order valence-corrected chi connectivity index (χ3v) is 3.77. The van der Waals surface area contributed by atoms with Gasteiger partial charge in [-0.3, -0.25) is 4.99 Å². The van der Waals surface area contributed by atoms with Gasteiger partial charge in [-0.1, -0.05) is 12.1 Å². The first kappa shape index (κ1) is 21.9. The zero-order valence-electron chi connectivity index (χ0n) is 14.6. The molecule has 142 valence electrons. The number of halogens is 3. The Morgan fingerprint density at radius 3 is 2.84 bits per heavy atom. The Kier molecular flexibility index (Phi) is 10.0. The van der Waals surface area contributed by atoms with Crippen LogP contribution in [0, 0.1) is 6.92 Å². The van der Waals surface area contributed by atoms with E-state index in [9.17, 15) is 8.78 Å². The van der Waals surface area contributed by atoms with Crippen LogP contribution in [-0.2, 0) is 11.3 Å². The summed E-state index contributed by atoms with van der Waals surface area (Å²) in [7, 11) is 1.55. The minimum Gasteiger partial charge on any atom is -0.491 e. The molecule has 8 heteroatoms. The van der Waals surface area contributed by atoms with Crippen molar-refractivity contribution in [2.75, 3.05) is 26.8 Å². The summed E-state index contributed by atoms with van der Waals surface area (Å²) in [6.07, 6.45) is -0.188. The molecule has 0 bridgehead atoms. The fraction of sp³-hybridized carbons (Fsp3) is 0.588. The molecular weight excluding hydrogens is 443 g/mol. The van der Waals surface area contributed by atoms with Gasteiger partial charge in [0.15, 0.2) is 5.96 Å². The molecule has 2 N–H and O–H groups in total. The van der Waals surface area contributed by atoms with Crippen molar-refractivity contribution in [1.29, 1.82) is 0 Å². The monoisotopic (exact) mass is 469 g/mol. The Bertz CT molecular complexity index is 553. The second-order valence-electron chi connectivity index (χ2n) is 5.75. The highest BCUT2D eigenvalue weighted by atomic mass is 127. The van der Waals surface area contributed by atoms with Crippen molar-refractivity contribution in [3.05, 3.63) is 29.3 Å². The molecule has 0 aromatic heterocycles. The Labute approximate surface area is 164 Å². The van der Waals surface area contributed by atoms with Crippen LogP contribution in [0.5, 0.6) is 5.75 Å². The van der Waals surface area contributed by atoms with E-state index in [0.717, 1.165) is 36.3 Å². The molecule has 1 aromatic rings. The highest BCUT2D eigenvalue weighted by Crippen LogP contribution is 2.22. The lowest BCUT2D eigenvalue weighted by atomic mass is 10.1. The number of aryl methyl sites for hydroxylation is 1. The van der Waals surface area contributed by atoms with E-state index >= 15 is 0 Å². The molecule has 0 spiro atoms. The van der Waals surface area contributed by atoms with Gasteiger partial charge in [-0.2, -0.15) is 0 Å². The molecule has 1 saturated heterocycles. The van der Waals surface area contributed by atoms with Crippen LogP contribution < -0.4 is 15.4 Å². The van der Waals surface area contributed by atoms with E-state index < -0.39 is 13.0 Å². The van der Waals surface area contributed by atoms with Crippen molar-refractivity contribution in [2.24, 2.45) is 4.99 Å². The summed E-state index contributed by atoms with van der Waals surface area (Å²) >= 11 is 0. The Morgan fingerprint density at radius 1 is 1.40 bits per heavy atom. The zero-order chi connectivity index (χ0) is 17.4. The molecule has 0 aliphatic carbocycles. The van der Waals surface area contributed by atoms with Crippen LogP contribution in [0.1, 0.15) is 24.0 Å². The lowest BCUT2D eigenvalue weighted by molar-refractivity contribution is 0.0676. The standard InChI is InChI=1S/C17H25F2N3O2.HI/c1-12-5-6-13(9-21-17(20-2)22-10-16(18)19)15(8-12)24-11-14-4-3-7-23-14;/h5-6,8,14,16H,3-4,7,9-11H2,1-2H3,(H2,20,21,22);1H. The first-order valence-corrected chi connectivity index (χ1v) is 8.15. The molecule has 25 heavy (non-hydrogen) atoms. The summed E-state index contributed by atoms with van der Waals surface area (Å²) in [5.74, 6) is 1.11. The topological polar surface area (TPSA) is 54.9 Å². The first-order valence-electron chi connectivity index (χ1n) is 8.15. The summed E-state index contributed by atoms with van der Waals surface area (Å²) in [5, 5.41) is 5.60. The number of aliphatic imine (C=N–C) groups is 1. The van der Waals surface area contributed by atoms with Crippen LogP contribution in [-0.4, -0.2) is 45.3 Å². The first-order chi connectivity index (χ1) is 11.6. The van der Waals surface area contributed by atoms with Crippen LogP contribution >= 0.6 is 24.0 Å². The van der Waals surface area contributed by atoms with Crippen LogP contribution in [0.2, 0.25) is 0 Å². The van der Waals surface area contributed by atoms with Crippen molar-refractivity contribution in [2.45, 2.75) is 38.8 Å². The Hall–Kier alpha value is -1.16. The number of ether oxygens (including phenoxy) is 2. The van der Waals surface area contributed by atoms with Gasteiger partial charge in [0, 0.05) is 25.8 Å². The van der Waals surface area contributed by atoms with Gasteiger partial charge in [0.1, 0.15) is 12.4 Å². The number of alkyl halides is 2. The lowest BCUT2D eigenvalue weighted by Gasteiger charge is -2.17. The maximum Gasteiger partial charge on any atom is 0.255 e. The SMILES string of the molecule is CN=C(NCc1ccc(C)cc1OCC1CCCO1)NCC(F)F.I. The average Bonchev–Trinajstić information content (AvgIpc) is 3.07. The Morgan fingerprint density at radius 2 is 2.20 bits per heavy atom. The second kappa shape index (κ2) is 11.5.